The van der Waals surface area contributed by atoms with Gasteiger partial charge in [-0.25, -0.2) is 0 Å². The number of nitrogens with zero attached hydrogens (tertiary/aromatic N) is 1. The zero-order chi connectivity index (χ0) is 19.2. The predicted octanol–water partition coefficient (Wildman–Crippen LogP) is 2.71. The molecule has 152 valence electrons. The van der Waals surface area contributed by atoms with E-state index in [2.05, 4.69) is 10.6 Å². The van der Waals surface area contributed by atoms with Crippen LogP contribution in [0.3, 0.4) is 0 Å². The summed E-state index contributed by atoms with van der Waals surface area (Å²) >= 11 is 0. The van der Waals surface area contributed by atoms with Gasteiger partial charge in [-0.1, -0.05) is 12.1 Å². The first-order chi connectivity index (χ1) is 12.3. The van der Waals surface area contributed by atoms with Crippen molar-refractivity contribution in [1.82, 2.24) is 15.5 Å². The Morgan fingerprint density at radius 1 is 1.19 bits per heavy atom. The number of alkyl halides is 3. The van der Waals surface area contributed by atoms with E-state index in [-0.39, 0.29) is 24.9 Å². The molecule has 1 aliphatic heterocycles. The monoisotopic (exact) mass is 407 g/mol. The number of nitrogens with one attached hydrogen (secondary N) is 2. The summed E-state index contributed by atoms with van der Waals surface area (Å²) < 4.78 is 38.9. The van der Waals surface area contributed by atoms with Crippen molar-refractivity contribution in [2.75, 3.05) is 33.2 Å². The molecule has 2 N–H and O–H groups in total. The number of amides is 2. The Labute approximate surface area is 163 Å². The summed E-state index contributed by atoms with van der Waals surface area (Å²) in [6, 6.07) is 4.55. The molecule has 0 unspecified atom stereocenters. The van der Waals surface area contributed by atoms with Gasteiger partial charge in [-0.15, -0.1) is 12.4 Å². The van der Waals surface area contributed by atoms with E-state index in [1.165, 1.54) is 12.1 Å². The van der Waals surface area contributed by atoms with Crippen LogP contribution in [0.15, 0.2) is 24.3 Å². The normalized spacial score (nSPS) is 15.2. The van der Waals surface area contributed by atoms with E-state index in [9.17, 15) is 22.8 Å². The maximum Gasteiger partial charge on any atom is 0.417 e. The maximum atomic E-state index is 13.0. The van der Waals surface area contributed by atoms with Gasteiger partial charge in [0, 0.05) is 13.1 Å². The highest BCUT2D eigenvalue weighted by atomic mass is 35.5. The zero-order valence-corrected chi connectivity index (χ0v) is 16.0. The lowest BCUT2D eigenvalue weighted by molar-refractivity contribution is -0.137. The molecule has 0 saturated carbocycles. The molecule has 0 spiro atoms. The summed E-state index contributed by atoms with van der Waals surface area (Å²) in [5.74, 6) is -0.593. The third-order valence-corrected chi connectivity index (χ3v) is 4.65. The van der Waals surface area contributed by atoms with Gasteiger partial charge in [0.05, 0.1) is 17.7 Å². The number of hydrogen-bond acceptors (Lipinski definition) is 3. The minimum atomic E-state index is -4.62. The first-order valence-electron chi connectivity index (χ1n) is 8.69. The Kier molecular flexibility index (Phi) is 9.05. The van der Waals surface area contributed by atoms with Crippen molar-refractivity contribution in [1.29, 1.82) is 0 Å². The molecule has 1 heterocycles. The molecular weight excluding hydrogens is 383 g/mol. The van der Waals surface area contributed by atoms with Crippen molar-refractivity contribution in [2.24, 2.45) is 5.92 Å². The van der Waals surface area contributed by atoms with E-state index < -0.39 is 23.2 Å². The lowest BCUT2D eigenvalue weighted by Gasteiger charge is -2.32. The van der Waals surface area contributed by atoms with Gasteiger partial charge < -0.3 is 15.5 Å². The molecule has 2 amide bonds. The smallest absolute Gasteiger partial charge is 0.343 e. The summed E-state index contributed by atoms with van der Waals surface area (Å²) in [5, 5.41) is 5.42. The molecule has 0 radical (unpaired) electrons. The number of likely N-dealkylation sites (tertiary alicyclic amines) is 1. The second kappa shape index (κ2) is 10.5. The van der Waals surface area contributed by atoms with Crippen LogP contribution in [-0.2, 0) is 11.0 Å². The van der Waals surface area contributed by atoms with Crippen LogP contribution in [0.4, 0.5) is 13.2 Å². The molecule has 1 aliphatic rings. The van der Waals surface area contributed by atoms with E-state index in [0.717, 1.165) is 37.9 Å². The number of piperidine rings is 1. The topological polar surface area (TPSA) is 61.4 Å². The number of rotatable bonds is 6. The van der Waals surface area contributed by atoms with Gasteiger partial charge in [0.2, 0.25) is 5.91 Å². The molecule has 5 nitrogen and oxygen atoms in total. The minimum absolute atomic E-state index is 0. The largest absolute Gasteiger partial charge is 0.417 e. The van der Waals surface area contributed by atoms with Gasteiger partial charge in [0.1, 0.15) is 0 Å². The predicted molar refractivity (Wildman–Crippen MR) is 98.9 cm³/mol. The Bertz CT molecular complexity index is 633. The van der Waals surface area contributed by atoms with Crippen LogP contribution in [0.2, 0.25) is 0 Å². The Morgan fingerprint density at radius 2 is 1.81 bits per heavy atom. The molecule has 1 fully saturated rings. The average molecular weight is 408 g/mol. The zero-order valence-electron chi connectivity index (χ0n) is 15.1. The summed E-state index contributed by atoms with van der Waals surface area (Å²) in [5.41, 5.74) is -1.48. The lowest BCUT2D eigenvalue weighted by Crippen LogP contribution is -2.44. The first-order valence-corrected chi connectivity index (χ1v) is 8.69. The number of carbonyl (C=O) groups excluding carboxylic acids is 2. The second-order valence-corrected chi connectivity index (χ2v) is 6.44. The van der Waals surface area contributed by atoms with Crippen molar-refractivity contribution in [2.45, 2.75) is 25.4 Å². The summed E-state index contributed by atoms with van der Waals surface area (Å²) in [4.78, 5) is 26.0. The highest BCUT2D eigenvalue weighted by molar-refractivity contribution is 5.97. The fraction of sp³-hybridized carbons (Fsp3) is 0.556. The van der Waals surface area contributed by atoms with Crippen LogP contribution in [-0.4, -0.2) is 49.9 Å². The molecular formula is C18H25ClF3N3O2. The van der Waals surface area contributed by atoms with Crippen LogP contribution in [0.5, 0.6) is 0 Å². The minimum Gasteiger partial charge on any atom is -0.343 e. The number of carbonyl (C=O) groups is 2. The highest BCUT2D eigenvalue weighted by Gasteiger charge is 2.35. The molecule has 0 aliphatic carbocycles. The third kappa shape index (κ3) is 6.70. The van der Waals surface area contributed by atoms with Gasteiger partial charge in [-0.05, 0) is 50.9 Å². The molecule has 1 saturated heterocycles. The lowest BCUT2D eigenvalue weighted by atomic mass is 9.93. The van der Waals surface area contributed by atoms with E-state index in [4.69, 9.17) is 0 Å². The SMILES string of the molecule is CNCCC1CCN(C(=O)CNC(=O)c2ccccc2C(F)(F)F)CC1.Cl. The van der Waals surface area contributed by atoms with Gasteiger partial charge >= 0.3 is 6.18 Å². The first kappa shape index (κ1) is 23.2. The van der Waals surface area contributed by atoms with Crippen LogP contribution >= 0.6 is 12.4 Å². The van der Waals surface area contributed by atoms with Gasteiger partial charge in [0.15, 0.2) is 0 Å². The Hall–Kier alpha value is -1.80. The van der Waals surface area contributed by atoms with E-state index in [1.807, 2.05) is 7.05 Å². The summed E-state index contributed by atoms with van der Waals surface area (Å²) in [7, 11) is 1.90. The molecule has 27 heavy (non-hydrogen) atoms. The van der Waals surface area contributed by atoms with E-state index in [1.54, 1.807) is 4.90 Å². The van der Waals surface area contributed by atoms with E-state index in [0.29, 0.717) is 19.0 Å². The third-order valence-electron chi connectivity index (χ3n) is 4.65. The van der Waals surface area contributed by atoms with Crippen molar-refractivity contribution in [3.8, 4) is 0 Å². The summed E-state index contributed by atoms with van der Waals surface area (Å²) in [6.45, 7) is 1.87. The van der Waals surface area contributed by atoms with E-state index >= 15 is 0 Å². The molecule has 0 bridgehead atoms. The van der Waals surface area contributed by atoms with Crippen LogP contribution in [0, 0.1) is 5.92 Å². The quantitative estimate of drug-likeness (QED) is 0.762. The standard InChI is InChI=1S/C18H24F3N3O2.ClH/c1-22-9-6-13-7-10-24(11-8-13)16(25)12-23-17(26)14-4-2-3-5-15(14)18(19,20)21;/h2-5,13,22H,6-12H2,1H3,(H,23,26);1H. The van der Waals surface area contributed by atoms with Crippen molar-refractivity contribution in [3.05, 3.63) is 35.4 Å². The average Bonchev–Trinajstić information content (AvgIpc) is 2.64. The Balaban J connectivity index is 0.00000364. The molecule has 1 aromatic rings. The van der Waals surface area contributed by atoms with Crippen LogP contribution < -0.4 is 10.6 Å². The molecule has 0 aromatic heterocycles. The number of benzene rings is 1. The molecule has 9 heteroatoms. The Morgan fingerprint density at radius 3 is 2.41 bits per heavy atom. The highest BCUT2D eigenvalue weighted by Crippen LogP contribution is 2.31. The molecule has 0 atom stereocenters. The number of hydrogen-bond donors (Lipinski definition) is 2. The van der Waals surface area contributed by atoms with Crippen LogP contribution in [0.25, 0.3) is 0 Å². The molecule has 2 rings (SSSR count). The van der Waals surface area contributed by atoms with Gasteiger partial charge in [-0.3, -0.25) is 9.59 Å². The molecule has 1 aromatic carbocycles. The van der Waals surface area contributed by atoms with Crippen molar-refractivity contribution in [3.63, 3.8) is 0 Å². The van der Waals surface area contributed by atoms with Gasteiger partial charge in [0.25, 0.3) is 5.91 Å². The fourth-order valence-corrected chi connectivity index (χ4v) is 3.11. The van der Waals surface area contributed by atoms with Crippen molar-refractivity contribution >= 4 is 24.2 Å². The second-order valence-electron chi connectivity index (χ2n) is 6.44. The van der Waals surface area contributed by atoms with Gasteiger partial charge in [-0.2, -0.15) is 13.2 Å². The fourth-order valence-electron chi connectivity index (χ4n) is 3.11. The van der Waals surface area contributed by atoms with Crippen molar-refractivity contribution < 1.29 is 22.8 Å². The number of halogens is 4. The summed E-state index contributed by atoms with van der Waals surface area (Å²) in [6.07, 6.45) is -1.76. The van der Waals surface area contributed by atoms with Crippen LogP contribution in [0.1, 0.15) is 35.2 Å². The maximum absolute atomic E-state index is 13.0.